The molecule has 1 atom stereocenters. The molecule has 0 radical (unpaired) electrons. The van der Waals surface area contributed by atoms with Gasteiger partial charge < -0.3 is 4.42 Å². The smallest absolute Gasteiger partial charge is 0.277 e. The summed E-state index contributed by atoms with van der Waals surface area (Å²) in [6.07, 6.45) is 1.25. The summed E-state index contributed by atoms with van der Waals surface area (Å²) in [6, 6.07) is 20.5. The van der Waals surface area contributed by atoms with E-state index in [4.69, 9.17) is 4.42 Å². The van der Waals surface area contributed by atoms with E-state index in [0.717, 1.165) is 11.1 Å². The Morgan fingerprint density at radius 2 is 1.79 bits per heavy atom. The van der Waals surface area contributed by atoms with Crippen molar-refractivity contribution < 1.29 is 4.42 Å². The van der Waals surface area contributed by atoms with Crippen LogP contribution < -0.4 is 0 Å². The highest BCUT2D eigenvalue weighted by atomic mass is 32.2. The van der Waals surface area contributed by atoms with Crippen LogP contribution in [0.2, 0.25) is 0 Å². The molecule has 0 aliphatic carbocycles. The maximum atomic E-state index is 9.38. The van der Waals surface area contributed by atoms with Crippen molar-refractivity contribution in [3.63, 3.8) is 0 Å². The number of thioether (sulfide) groups is 1. The highest BCUT2D eigenvalue weighted by Crippen LogP contribution is 2.25. The zero-order chi connectivity index (χ0) is 16.8. The molecule has 0 bridgehead atoms. The molecule has 5 heteroatoms. The van der Waals surface area contributed by atoms with Gasteiger partial charge in [-0.05, 0) is 36.2 Å². The van der Waals surface area contributed by atoms with Crippen molar-refractivity contribution in [2.45, 2.75) is 30.2 Å². The van der Waals surface area contributed by atoms with Crippen LogP contribution in [0.5, 0.6) is 0 Å². The second kappa shape index (κ2) is 7.80. The van der Waals surface area contributed by atoms with Crippen molar-refractivity contribution in [2.24, 2.45) is 0 Å². The fourth-order valence-electron chi connectivity index (χ4n) is 2.30. The molecule has 3 aromatic rings. The summed E-state index contributed by atoms with van der Waals surface area (Å²) in [5.74, 6) is 0.565. The summed E-state index contributed by atoms with van der Waals surface area (Å²) in [4.78, 5) is 0. The predicted molar refractivity (Wildman–Crippen MR) is 93.7 cm³/mol. The first kappa shape index (κ1) is 16.3. The molecule has 3 rings (SSSR count). The van der Waals surface area contributed by atoms with Gasteiger partial charge in [0.2, 0.25) is 5.89 Å². The standard InChI is InChI=1S/C19H17N3OS/c1-14-7-9-16(10-8-14)11-17(13-20)24-19-22-21-18(23-19)12-15-5-3-2-4-6-15/h2-10,17H,11-12H2,1H3/t17-/m1/s1. The third-order valence-electron chi connectivity index (χ3n) is 3.58. The van der Waals surface area contributed by atoms with Crippen LogP contribution in [0.1, 0.15) is 22.6 Å². The van der Waals surface area contributed by atoms with E-state index in [-0.39, 0.29) is 5.25 Å². The number of aromatic nitrogens is 2. The van der Waals surface area contributed by atoms with E-state index in [2.05, 4.69) is 40.5 Å². The number of nitriles is 1. The van der Waals surface area contributed by atoms with E-state index >= 15 is 0 Å². The zero-order valence-corrected chi connectivity index (χ0v) is 14.2. The maximum Gasteiger partial charge on any atom is 0.277 e. The van der Waals surface area contributed by atoms with Crippen LogP contribution in [0.4, 0.5) is 0 Å². The van der Waals surface area contributed by atoms with Crippen LogP contribution >= 0.6 is 11.8 Å². The minimum absolute atomic E-state index is 0.252. The van der Waals surface area contributed by atoms with Gasteiger partial charge in [-0.2, -0.15) is 5.26 Å². The average molecular weight is 335 g/mol. The van der Waals surface area contributed by atoms with E-state index in [1.807, 2.05) is 37.3 Å². The predicted octanol–water partition coefficient (Wildman–Crippen LogP) is 4.20. The summed E-state index contributed by atoms with van der Waals surface area (Å²) >= 11 is 1.32. The van der Waals surface area contributed by atoms with Crippen molar-refractivity contribution >= 4 is 11.8 Å². The largest absolute Gasteiger partial charge is 0.416 e. The Balaban J connectivity index is 1.62. The van der Waals surface area contributed by atoms with Crippen LogP contribution in [-0.2, 0) is 12.8 Å². The lowest BCUT2D eigenvalue weighted by atomic mass is 10.1. The van der Waals surface area contributed by atoms with Gasteiger partial charge in [0, 0.05) is 0 Å². The van der Waals surface area contributed by atoms with E-state index in [9.17, 15) is 5.26 Å². The van der Waals surface area contributed by atoms with E-state index in [0.29, 0.717) is 24.0 Å². The fraction of sp³-hybridized carbons (Fsp3) is 0.211. The Hall–Kier alpha value is -2.58. The van der Waals surface area contributed by atoms with Gasteiger partial charge in [0.1, 0.15) is 5.25 Å². The Morgan fingerprint density at radius 1 is 1.04 bits per heavy atom. The number of nitrogens with zero attached hydrogens (tertiary/aromatic N) is 3. The minimum Gasteiger partial charge on any atom is -0.416 e. The molecule has 4 nitrogen and oxygen atoms in total. The van der Waals surface area contributed by atoms with E-state index in [1.165, 1.54) is 17.3 Å². The Labute approximate surface area is 145 Å². The normalized spacial score (nSPS) is 11.8. The van der Waals surface area contributed by atoms with Crippen molar-refractivity contribution in [1.82, 2.24) is 10.2 Å². The Bertz CT molecular complexity index is 822. The monoisotopic (exact) mass is 335 g/mol. The molecule has 2 aromatic carbocycles. The second-order valence-electron chi connectivity index (χ2n) is 5.55. The summed E-state index contributed by atoms with van der Waals surface area (Å²) in [7, 11) is 0. The van der Waals surface area contributed by atoms with Gasteiger partial charge in [0.05, 0.1) is 12.5 Å². The number of hydrogen-bond donors (Lipinski definition) is 0. The highest BCUT2D eigenvalue weighted by molar-refractivity contribution is 7.99. The second-order valence-corrected chi connectivity index (χ2v) is 6.70. The molecule has 24 heavy (non-hydrogen) atoms. The van der Waals surface area contributed by atoms with Gasteiger partial charge in [0.15, 0.2) is 0 Å². The van der Waals surface area contributed by atoms with Gasteiger partial charge in [0.25, 0.3) is 5.22 Å². The molecule has 0 aliphatic rings. The highest BCUT2D eigenvalue weighted by Gasteiger charge is 2.16. The van der Waals surface area contributed by atoms with Crippen LogP contribution in [0.25, 0.3) is 0 Å². The number of benzene rings is 2. The average Bonchev–Trinajstić information content (AvgIpc) is 3.04. The third kappa shape index (κ3) is 4.46. The van der Waals surface area contributed by atoms with Gasteiger partial charge in [-0.3, -0.25) is 0 Å². The zero-order valence-electron chi connectivity index (χ0n) is 13.3. The number of hydrogen-bond acceptors (Lipinski definition) is 5. The van der Waals surface area contributed by atoms with Crippen LogP contribution in [0.3, 0.4) is 0 Å². The molecule has 0 aliphatic heterocycles. The first-order valence-electron chi connectivity index (χ1n) is 7.71. The molecule has 120 valence electrons. The lowest BCUT2D eigenvalue weighted by Gasteiger charge is -2.06. The molecular weight excluding hydrogens is 318 g/mol. The summed E-state index contributed by atoms with van der Waals surface area (Å²) in [6.45, 7) is 2.05. The molecule has 0 saturated heterocycles. The van der Waals surface area contributed by atoms with Crippen molar-refractivity contribution in [3.8, 4) is 6.07 Å². The van der Waals surface area contributed by atoms with Crippen molar-refractivity contribution in [1.29, 1.82) is 5.26 Å². The quantitative estimate of drug-likeness (QED) is 0.632. The fourth-order valence-corrected chi connectivity index (χ4v) is 3.11. The first-order chi connectivity index (χ1) is 11.7. The molecule has 0 unspecified atom stereocenters. The van der Waals surface area contributed by atoms with Gasteiger partial charge in [-0.1, -0.05) is 60.2 Å². The van der Waals surface area contributed by atoms with Crippen LogP contribution in [-0.4, -0.2) is 15.4 Å². The summed E-state index contributed by atoms with van der Waals surface area (Å²) < 4.78 is 5.67. The molecule has 0 N–H and O–H groups in total. The van der Waals surface area contributed by atoms with E-state index in [1.54, 1.807) is 0 Å². The number of rotatable bonds is 6. The van der Waals surface area contributed by atoms with Gasteiger partial charge in [-0.15, -0.1) is 10.2 Å². The third-order valence-corrected chi connectivity index (χ3v) is 4.50. The van der Waals surface area contributed by atoms with Gasteiger partial charge in [-0.25, -0.2) is 0 Å². The molecule has 0 saturated carbocycles. The van der Waals surface area contributed by atoms with Crippen molar-refractivity contribution in [3.05, 3.63) is 77.2 Å². The lowest BCUT2D eigenvalue weighted by Crippen LogP contribution is -2.03. The lowest BCUT2D eigenvalue weighted by molar-refractivity contribution is 0.420. The molecule has 1 aromatic heterocycles. The molecule has 0 amide bonds. The van der Waals surface area contributed by atoms with Gasteiger partial charge >= 0.3 is 0 Å². The minimum atomic E-state index is -0.252. The van der Waals surface area contributed by atoms with Crippen LogP contribution in [0.15, 0.2) is 64.2 Å². The summed E-state index contributed by atoms with van der Waals surface area (Å²) in [5, 5.41) is 17.7. The molecule has 0 fully saturated rings. The van der Waals surface area contributed by atoms with Crippen LogP contribution in [0, 0.1) is 18.3 Å². The first-order valence-corrected chi connectivity index (χ1v) is 8.59. The topological polar surface area (TPSA) is 62.7 Å². The number of aryl methyl sites for hydroxylation is 1. The Morgan fingerprint density at radius 3 is 2.50 bits per heavy atom. The summed E-state index contributed by atoms with van der Waals surface area (Å²) in [5.41, 5.74) is 3.46. The molecule has 1 heterocycles. The van der Waals surface area contributed by atoms with Crippen molar-refractivity contribution in [2.75, 3.05) is 0 Å². The maximum absolute atomic E-state index is 9.38. The van der Waals surface area contributed by atoms with E-state index < -0.39 is 0 Å². The Kier molecular flexibility index (Phi) is 5.29. The molecular formula is C19H17N3OS. The molecule has 0 spiro atoms. The SMILES string of the molecule is Cc1ccc(C[C@H](C#N)Sc2nnc(Cc3ccccc3)o2)cc1.